The highest BCUT2D eigenvalue weighted by molar-refractivity contribution is 5.85. The molecule has 0 amide bonds. The van der Waals surface area contributed by atoms with Gasteiger partial charge in [0.05, 0.1) is 11.7 Å². The largest absolute Gasteiger partial charge is 0.334 e. The quantitative estimate of drug-likeness (QED) is 0.739. The summed E-state index contributed by atoms with van der Waals surface area (Å²) in [6.45, 7) is 2.78. The molecule has 1 fully saturated rings. The molecule has 126 valence electrons. The lowest BCUT2D eigenvalue weighted by molar-refractivity contribution is 0.190. The van der Waals surface area contributed by atoms with E-state index in [-0.39, 0.29) is 18.4 Å². The molecule has 1 atom stereocenters. The van der Waals surface area contributed by atoms with Gasteiger partial charge < -0.3 is 9.84 Å². The van der Waals surface area contributed by atoms with Crippen LogP contribution in [0.4, 0.5) is 0 Å². The number of halogens is 1. The van der Waals surface area contributed by atoms with E-state index in [1.54, 1.807) is 11.0 Å². The van der Waals surface area contributed by atoms with Crippen molar-refractivity contribution in [1.82, 2.24) is 40.6 Å². The Kier molecular flexibility index (Phi) is 4.84. The van der Waals surface area contributed by atoms with Crippen molar-refractivity contribution in [3.63, 3.8) is 0 Å². The maximum absolute atomic E-state index is 5.42. The molecule has 1 aromatic carbocycles. The van der Waals surface area contributed by atoms with Gasteiger partial charge in [-0.05, 0) is 41.7 Å². The van der Waals surface area contributed by atoms with Gasteiger partial charge in [-0.1, -0.05) is 5.16 Å². The summed E-state index contributed by atoms with van der Waals surface area (Å²) in [5, 5.41) is 18.6. The summed E-state index contributed by atoms with van der Waals surface area (Å²) < 4.78 is 7.01. The molecule has 4 rings (SSSR count). The summed E-state index contributed by atoms with van der Waals surface area (Å²) >= 11 is 0. The predicted molar refractivity (Wildman–Crippen MR) is 87.9 cm³/mol. The number of benzene rings is 1. The zero-order valence-electron chi connectivity index (χ0n) is 13.0. The second-order valence-electron chi connectivity index (χ2n) is 5.46. The van der Waals surface area contributed by atoms with Crippen LogP contribution in [0.15, 0.2) is 35.1 Å². The number of nitrogens with zero attached hydrogens (tertiary/aromatic N) is 7. The Morgan fingerprint density at radius 2 is 2.08 bits per heavy atom. The number of tetrazole rings is 1. The van der Waals surface area contributed by atoms with Gasteiger partial charge in [0, 0.05) is 25.2 Å². The fraction of sp³-hybridized carbons (Fsp3) is 0.357. The molecule has 3 heterocycles. The molecule has 2 aromatic heterocycles. The fourth-order valence-corrected chi connectivity index (χ4v) is 2.62. The minimum absolute atomic E-state index is 0. The molecular formula is C14H17ClN8O. The third-order valence-corrected chi connectivity index (χ3v) is 3.98. The topological polar surface area (TPSA) is 97.8 Å². The lowest BCUT2D eigenvalue weighted by atomic mass is 10.2. The zero-order valence-corrected chi connectivity index (χ0v) is 13.8. The summed E-state index contributed by atoms with van der Waals surface area (Å²) in [5.41, 5.74) is 1.74. The van der Waals surface area contributed by atoms with Crippen LogP contribution >= 0.6 is 12.4 Å². The molecule has 1 saturated heterocycles. The monoisotopic (exact) mass is 348 g/mol. The van der Waals surface area contributed by atoms with E-state index < -0.39 is 0 Å². The molecule has 0 radical (unpaired) electrons. The van der Waals surface area contributed by atoms with Crippen molar-refractivity contribution in [3.05, 3.63) is 36.4 Å². The third kappa shape index (κ3) is 3.14. The maximum atomic E-state index is 5.42. The van der Waals surface area contributed by atoms with Gasteiger partial charge in [0.1, 0.15) is 6.33 Å². The van der Waals surface area contributed by atoms with E-state index in [1.807, 2.05) is 24.3 Å². The SMILES string of the molecule is CN1CCNCC1c1noc(-c2ccc(-n3cnnn3)cc2)n1.Cl. The van der Waals surface area contributed by atoms with Crippen LogP contribution < -0.4 is 5.32 Å². The van der Waals surface area contributed by atoms with E-state index in [4.69, 9.17) is 4.52 Å². The van der Waals surface area contributed by atoms with Gasteiger partial charge in [0.25, 0.3) is 5.89 Å². The van der Waals surface area contributed by atoms with Crippen LogP contribution in [0.25, 0.3) is 17.1 Å². The number of nitrogens with one attached hydrogen (secondary N) is 1. The first-order chi connectivity index (χ1) is 11.3. The number of piperazine rings is 1. The molecule has 0 saturated carbocycles. The van der Waals surface area contributed by atoms with E-state index in [0.29, 0.717) is 11.7 Å². The standard InChI is InChI=1S/C14H16N8O.ClH/c1-21-7-6-15-8-12(21)13-17-14(23-18-13)10-2-4-11(5-3-10)22-9-16-19-20-22;/h2-5,9,12,15H,6-8H2,1H3;1H. The van der Waals surface area contributed by atoms with Crippen LogP contribution in [0.3, 0.4) is 0 Å². The molecule has 1 N–H and O–H groups in total. The first-order valence-corrected chi connectivity index (χ1v) is 7.39. The van der Waals surface area contributed by atoms with Crippen molar-refractivity contribution in [1.29, 1.82) is 0 Å². The van der Waals surface area contributed by atoms with Crippen molar-refractivity contribution in [2.24, 2.45) is 0 Å². The van der Waals surface area contributed by atoms with Crippen LogP contribution in [-0.2, 0) is 0 Å². The van der Waals surface area contributed by atoms with E-state index in [2.05, 4.69) is 42.9 Å². The Hall–Kier alpha value is -2.36. The van der Waals surface area contributed by atoms with Gasteiger partial charge >= 0.3 is 0 Å². The molecule has 9 nitrogen and oxygen atoms in total. The second-order valence-corrected chi connectivity index (χ2v) is 5.46. The maximum Gasteiger partial charge on any atom is 0.257 e. The van der Waals surface area contributed by atoms with E-state index in [0.717, 1.165) is 30.9 Å². The van der Waals surface area contributed by atoms with Crippen LogP contribution in [-0.4, -0.2) is 61.9 Å². The third-order valence-electron chi connectivity index (χ3n) is 3.98. The van der Waals surface area contributed by atoms with E-state index in [1.165, 1.54) is 0 Å². The predicted octanol–water partition coefficient (Wildman–Crippen LogP) is 0.710. The molecule has 10 heteroatoms. The molecule has 1 aliphatic heterocycles. The minimum atomic E-state index is 0. The molecule has 24 heavy (non-hydrogen) atoms. The first-order valence-electron chi connectivity index (χ1n) is 7.39. The lowest BCUT2D eigenvalue weighted by Crippen LogP contribution is -2.44. The lowest BCUT2D eigenvalue weighted by Gasteiger charge is -2.30. The summed E-state index contributed by atoms with van der Waals surface area (Å²) in [5.74, 6) is 1.22. The normalized spacial score (nSPS) is 18.3. The number of rotatable bonds is 3. The van der Waals surface area contributed by atoms with E-state index >= 15 is 0 Å². The van der Waals surface area contributed by atoms with Crippen LogP contribution in [0.5, 0.6) is 0 Å². The van der Waals surface area contributed by atoms with Crippen molar-refractivity contribution in [3.8, 4) is 17.1 Å². The molecule has 0 bridgehead atoms. The Labute approximate surface area is 144 Å². The highest BCUT2D eigenvalue weighted by atomic mass is 35.5. The average molecular weight is 349 g/mol. The Morgan fingerprint density at radius 1 is 1.25 bits per heavy atom. The Morgan fingerprint density at radius 3 is 2.79 bits per heavy atom. The zero-order chi connectivity index (χ0) is 15.6. The van der Waals surface area contributed by atoms with Crippen molar-refractivity contribution >= 4 is 12.4 Å². The fourth-order valence-electron chi connectivity index (χ4n) is 2.62. The van der Waals surface area contributed by atoms with Gasteiger partial charge in [0.15, 0.2) is 5.82 Å². The van der Waals surface area contributed by atoms with Gasteiger partial charge in [-0.15, -0.1) is 17.5 Å². The molecule has 0 spiro atoms. The molecule has 1 aliphatic rings. The van der Waals surface area contributed by atoms with Gasteiger partial charge in [-0.2, -0.15) is 4.98 Å². The number of likely N-dealkylation sites (N-methyl/N-ethyl adjacent to an activating group) is 1. The number of hydrogen-bond acceptors (Lipinski definition) is 8. The Bertz CT molecular complexity index is 772. The average Bonchev–Trinajstić information content (AvgIpc) is 3.27. The van der Waals surface area contributed by atoms with Crippen molar-refractivity contribution < 1.29 is 4.52 Å². The first kappa shape index (κ1) is 16.5. The van der Waals surface area contributed by atoms with Gasteiger partial charge in [0.2, 0.25) is 0 Å². The summed E-state index contributed by atoms with van der Waals surface area (Å²) in [6.07, 6.45) is 1.55. The summed E-state index contributed by atoms with van der Waals surface area (Å²) in [4.78, 5) is 6.77. The van der Waals surface area contributed by atoms with Crippen LogP contribution in [0.1, 0.15) is 11.9 Å². The van der Waals surface area contributed by atoms with Crippen LogP contribution in [0, 0.1) is 0 Å². The minimum Gasteiger partial charge on any atom is -0.334 e. The summed E-state index contributed by atoms with van der Waals surface area (Å²) in [6, 6.07) is 7.78. The number of aromatic nitrogens is 6. The number of hydrogen-bond donors (Lipinski definition) is 1. The van der Waals surface area contributed by atoms with Gasteiger partial charge in [-0.3, -0.25) is 4.90 Å². The van der Waals surface area contributed by atoms with Crippen molar-refractivity contribution in [2.75, 3.05) is 26.7 Å². The molecule has 0 aliphatic carbocycles. The molecule has 1 unspecified atom stereocenters. The highest BCUT2D eigenvalue weighted by Gasteiger charge is 2.25. The smallest absolute Gasteiger partial charge is 0.257 e. The molecule has 3 aromatic rings. The van der Waals surface area contributed by atoms with Crippen LogP contribution in [0.2, 0.25) is 0 Å². The highest BCUT2D eigenvalue weighted by Crippen LogP contribution is 2.23. The molecular weight excluding hydrogens is 332 g/mol. The van der Waals surface area contributed by atoms with Crippen molar-refractivity contribution in [2.45, 2.75) is 6.04 Å². The Balaban J connectivity index is 0.00000169. The summed E-state index contributed by atoms with van der Waals surface area (Å²) in [7, 11) is 2.07. The van der Waals surface area contributed by atoms with E-state index in [9.17, 15) is 0 Å². The second kappa shape index (κ2) is 7.04. The van der Waals surface area contributed by atoms with Gasteiger partial charge in [-0.25, -0.2) is 4.68 Å².